The first-order valence-corrected chi connectivity index (χ1v) is 7.56. The number of hydrogen-bond acceptors (Lipinski definition) is 4. The highest BCUT2D eigenvalue weighted by Crippen LogP contribution is 2.27. The number of halogens is 1. The van der Waals surface area contributed by atoms with Crippen LogP contribution in [0.1, 0.15) is 23.6 Å². The minimum atomic E-state index is 0.00872. The van der Waals surface area contributed by atoms with E-state index < -0.39 is 0 Å². The van der Waals surface area contributed by atoms with E-state index in [0.29, 0.717) is 17.8 Å². The van der Waals surface area contributed by atoms with Crippen molar-refractivity contribution in [3.63, 3.8) is 0 Å². The third-order valence-electron chi connectivity index (χ3n) is 3.23. The summed E-state index contributed by atoms with van der Waals surface area (Å²) in [6, 6.07) is 15.1. The summed E-state index contributed by atoms with van der Waals surface area (Å²) < 4.78 is 0.865. The van der Waals surface area contributed by atoms with Crippen LogP contribution < -0.4 is 0 Å². The molecule has 0 bridgehead atoms. The van der Waals surface area contributed by atoms with E-state index in [1.807, 2.05) is 30.3 Å². The molecule has 0 unspecified atom stereocenters. The zero-order valence-corrected chi connectivity index (χ0v) is 13.2. The standard InChI is InChI=1S/C16H13BrN4O/c17-13-6-7-15(22)12(8-13)10-18-20-16-9-14(19-21-16)11-4-2-1-3-5-11/h1-8,10,14,22H,9H2/b18-10+,20-16+/t14-/m1/s1. The molecule has 0 spiro atoms. The molecule has 1 N–H and O–H groups in total. The molecular formula is C16H13BrN4O. The monoisotopic (exact) mass is 356 g/mol. The van der Waals surface area contributed by atoms with Gasteiger partial charge in [-0.25, -0.2) is 0 Å². The molecule has 0 aliphatic carbocycles. The predicted molar refractivity (Wildman–Crippen MR) is 89.5 cm³/mol. The lowest BCUT2D eigenvalue weighted by Crippen LogP contribution is -1.95. The molecule has 1 atom stereocenters. The van der Waals surface area contributed by atoms with Crippen LogP contribution in [-0.4, -0.2) is 17.2 Å². The molecule has 2 aromatic carbocycles. The number of aromatic hydroxyl groups is 1. The van der Waals surface area contributed by atoms with Crippen LogP contribution in [0.25, 0.3) is 0 Å². The second kappa shape index (κ2) is 6.62. The average molecular weight is 357 g/mol. The first-order valence-electron chi connectivity index (χ1n) is 6.76. The molecule has 1 aliphatic rings. The van der Waals surface area contributed by atoms with Crippen LogP contribution in [0.3, 0.4) is 0 Å². The molecule has 2 aromatic rings. The number of amidine groups is 1. The van der Waals surface area contributed by atoms with Crippen molar-refractivity contribution in [1.29, 1.82) is 0 Å². The number of phenolic OH excluding ortho intramolecular Hbond substituents is 1. The van der Waals surface area contributed by atoms with Crippen molar-refractivity contribution in [2.75, 3.05) is 0 Å². The molecule has 0 aromatic heterocycles. The SMILES string of the molecule is Oc1ccc(Br)cc1/C=N/N=C1\C[C@H](c2ccccc2)N=N1. The van der Waals surface area contributed by atoms with Crippen molar-refractivity contribution in [2.24, 2.45) is 20.4 Å². The van der Waals surface area contributed by atoms with Gasteiger partial charge in [-0.3, -0.25) is 0 Å². The lowest BCUT2D eigenvalue weighted by molar-refractivity contribution is 0.474. The van der Waals surface area contributed by atoms with Crippen molar-refractivity contribution < 1.29 is 5.11 Å². The molecule has 3 rings (SSSR count). The second-order valence-corrected chi connectivity index (χ2v) is 5.73. The van der Waals surface area contributed by atoms with Gasteiger partial charge in [-0.1, -0.05) is 46.3 Å². The molecule has 0 radical (unpaired) electrons. The van der Waals surface area contributed by atoms with Crippen LogP contribution in [0.5, 0.6) is 5.75 Å². The minimum absolute atomic E-state index is 0.00872. The Bertz CT molecular complexity index is 756. The number of hydrogen-bond donors (Lipinski definition) is 1. The predicted octanol–water partition coefficient (Wildman–Crippen LogP) is 4.48. The van der Waals surface area contributed by atoms with E-state index in [2.05, 4.69) is 36.4 Å². The highest BCUT2D eigenvalue weighted by Gasteiger charge is 2.19. The summed E-state index contributed by atoms with van der Waals surface area (Å²) in [5, 5.41) is 26.0. The molecule has 0 amide bonds. The quantitative estimate of drug-likeness (QED) is 0.638. The van der Waals surface area contributed by atoms with Gasteiger partial charge in [-0.05, 0) is 23.8 Å². The molecule has 22 heavy (non-hydrogen) atoms. The Balaban J connectivity index is 1.69. The maximum absolute atomic E-state index is 9.72. The molecule has 0 saturated heterocycles. The third kappa shape index (κ3) is 3.46. The van der Waals surface area contributed by atoms with Gasteiger partial charge < -0.3 is 5.11 Å². The Labute approximate surface area is 136 Å². The van der Waals surface area contributed by atoms with Crippen LogP contribution in [0.4, 0.5) is 0 Å². The summed E-state index contributed by atoms with van der Waals surface area (Å²) in [6.45, 7) is 0. The zero-order chi connectivity index (χ0) is 15.4. The van der Waals surface area contributed by atoms with Gasteiger partial charge in [0.25, 0.3) is 0 Å². The Hall–Kier alpha value is -2.34. The smallest absolute Gasteiger partial charge is 0.175 e. The third-order valence-corrected chi connectivity index (χ3v) is 3.73. The molecule has 1 heterocycles. The van der Waals surface area contributed by atoms with Gasteiger partial charge in [-0.15, -0.1) is 10.2 Å². The summed E-state index contributed by atoms with van der Waals surface area (Å²) in [6.07, 6.45) is 2.13. The van der Waals surface area contributed by atoms with E-state index >= 15 is 0 Å². The van der Waals surface area contributed by atoms with Crippen molar-refractivity contribution in [2.45, 2.75) is 12.5 Å². The summed E-state index contributed by atoms with van der Waals surface area (Å²) >= 11 is 3.35. The average Bonchev–Trinajstić information content (AvgIpc) is 3.00. The fourth-order valence-corrected chi connectivity index (χ4v) is 2.48. The van der Waals surface area contributed by atoms with Gasteiger partial charge in [0.2, 0.25) is 0 Å². The first-order chi connectivity index (χ1) is 10.7. The van der Waals surface area contributed by atoms with E-state index in [0.717, 1.165) is 10.0 Å². The van der Waals surface area contributed by atoms with E-state index in [1.54, 1.807) is 18.2 Å². The van der Waals surface area contributed by atoms with Crippen LogP contribution in [0.15, 0.2) is 73.4 Å². The van der Waals surface area contributed by atoms with E-state index in [1.165, 1.54) is 6.21 Å². The van der Waals surface area contributed by atoms with Crippen molar-refractivity contribution in [3.05, 3.63) is 64.1 Å². The molecule has 6 heteroatoms. The Morgan fingerprint density at radius 1 is 1.18 bits per heavy atom. The Morgan fingerprint density at radius 2 is 2.00 bits per heavy atom. The molecular weight excluding hydrogens is 344 g/mol. The van der Waals surface area contributed by atoms with Gasteiger partial charge >= 0.3 is 0 Å². The number of benzene rings is 2. The van der Waals surface area contributed by atoms with E-state index in [4.69, 9.17) is 0 Å². The van der Waals surface area contributed by atoms with Gasteiger partial charge in [0, 0.05) is 16.5 Å². The molecule has 5 nitrogen and oxygen atoms in total. The fraction of sp³-hybridized carbons (Fsp3) is 0.125. The van der Waals surface area contributed by atoms with Crippen molar-refractivity contribution in [1.82, 2.24) is 0 Å². The second-order valence-electron chi connectivity index (χ2n) is 4.81. The highest BCUT2D eigenvalue weighted by atomic mass is 79.9. The Morgan fingerprint density at radius 3 is 2.82 bits per heavy atom. The first kappa shape index (κ1) is 14.6. The molecule has 0 fully saturated rings. The number of azo groups is 1. The van der Waals surface area contributed by atoms with Crippen LogP contribution >= 0.6 is 15.9 Å². The van der Waals surface area contributed by atoms with Crippen molar-refractivity contribution in [3.8, 4) is 5.75 Å². The zero-order valence-electron chi connectivity index (χ0n) is 11.6. The normalized spacial score (nSPS) is 19.3. The maximum Gasteiger partial charge on any atom is 0.175 e. The number of rotatable bonds is 3. The molecule has 110 valence electrons. The number of nitrogens with zero attached hydrogens (tertiary/aromatic N) is 4. The van der Waals surface area contributed by atoms with E-state index in [-0.39, 0.29) is 11.8 Å². The van der Waals surface area contributed by atoms with Gasteiger partial charge in [0.05, 0.1) is 6.21 Å². The lowest BCUT2D eigenvalue weighted by atomic mass is 10.1. The molecule has 1 aliphatic heterocycles. The number of phenols is 1. The van der Waals surface area contributed by atoms with Gasteiger partial charge in [0.1, 0.15) is 11.8 Å². The lowest BCUT2D eigenvalue weighted by Gasteiger charge is -2.03. The summed E-state index contributed by atoms with van der Waals surface area (Å²) in [4.78, 5) is 0. The Kier molecular flexibility index (Phi) is 4.39. The fourth-order valence-electron chi connectivity index (χ4n) is 2.10. The minimum Gasteiger partial charge on any atom is -0.507 e. The summed E-state index contributed by atoms with van der Waals surface area (Å²) in [7, 11) is 0. The van der Waals surface area contributed by atoms with Crippen LogP contribution in [-0.2, 0) is 0 Å². The van der Waals surface area contributed by atoms with Gasteiger partial charge in [0.15, 0.2) is 5.84 Å². The van der Waals surface area contributed by atoms with Crippen LogP contribution in [0.2, 0.25) is 0 Å². The molecule has 0 saturated carbocycles. The highest BCUT2D eigenvalue weighted by molar-refractivity contribution is 9.10. The summed E-state index contributed by atoms with van der Waals surface area (Å²) in [5.41, 5.74) is 1.71. The summed E-state index contributed by atoms with van der Waals surface area (Å²) in [5.74, 6) is 0.738. The maximum atomic E-state index is 9.72. The van der Waals surface area contributed by atoms with Gasteiger partial charge in [-0.2, -0.15) is 10.2 Å². The topological polar surface area (TPSA) is 69.7 Å². The van der Waals surface area contributed by atoms with Crippen LogP contribution in [0, 0.1) is 0 Å². The van der Waals surface area contributed by atoms with E-state index in [9.17, 15) is 5.11 Å². The van der Waals surface area contributed by atoms with Crippen molar-refractivity contribution >= 4 is 28.0 Å². The largest absolute Gasteiger partial charge is 0.507 e.